The molecule has 0 aliphatic heterocycles. The van der Waals surface area contributed by atoms with E-state index in [2.05, 4.69) is 15.4 Å². The molecule has 1 amide bonds. The van der Waals surface area contributed by atoms with Crippen LogP contribution in [0, 0.1) is 24.0 Å². The number of carbonyl (C=O) groups excluding carboxylic acids is 1. The van der Waals surface area contributed by atoms with Crippen molar-refractivity contribution in [1.29, 1.82) is 0 Å². The van der Waals surface area contributed by atoms with E-state index in [1.807, 2.05) is 35.0 Å². The van der Waals surface area contributed by atoms with Crippen LogP contribution in [0.4, 0.5) is 11.4 Å². The van der Waals surface area contributed by atoms with Gasteiger partial charge in [0.25, 0.3) is 0 Å². The van der Waals surface area contributed by atoms with Gasteiger partial charge >= 0.3 is 5.69 Å². The van der Waals surface area contributed by atoms with Crippen molar-refractivity contribution < 1.29 is 14.5 Å². The number of aryl methyl sites for hydroxylation is 1. The minimum Gasteiger partial charge on any atom is -0.487 e. The first-order chi connectivity index (χ1) is 14.9. The number of nitrogens with zero attached hydrogens (tertiary/aromatic N) is 5. The maximum absolute atomic E-state index is 12.4. The van der Waals surface area contributed by atoms with Crippen molar-refractivity contribution in [1.82, 2.24) is 19.2 Å². The van der Waals surface area contributed by atoms with E-state index in [9.17, 15) is 14.9 Å². The van der Waals surface area contributed by atoms with Crippen LogP contribution in [0.25, 0.3) is 5.65 Å². The first-order valence-corrected chi connectivity index (χ1v) is 9.54. The van der Waals surface area contributed by atoms with Crippen LogP contribution in [0.1, 0.15) is 17.1 Å². The smallest absolute Gasteiger partial charge is 0.312 e. The van der Waals surface area contributed by atoms with Gasteiger partial charge in [-0.15, -0.1) is 0 Å². The van der Waals surface area contributed by atoms with Crippen LogP contribution < -0.4 is 10.1 Å². The number of amides is 1. The summed E-state index contributed by atoms with van der Waals surface area (Å²) in [5.74, 6) is 0.231. The third-order valence-electron chi connectivity index (χ3n) is 4.74. The number of benzene rings is 1. The van der Waals surface area contributed by atoms with E-state index in [4.69, 9.17) is 4.74 Å². The fourth-order valence-corrected chi connectivity index (χ4v) is 3.32. The van der Waals surface area contributed by atoms with Gasteiger partial charge in [0.15, 0.2) is 0 Å². The molecule has 0 bridgehead atoms. The minimum absolute atomic E-state index is 0.0739. The molecule has 1 N–H and O–H groups in total. The van der Waals surface area contributed by atoms with Gasteiger partial charge in [-0.05, 0) is 38.1 Å². The lowest BCUT2D eigenvalue weighted by atomic mass is 10.3. The average Bonchev–Trinajstić information content (AvgIpc) is 3.26. The predicted molar refractivity (Wildman–Crippen MR) is 113 cm³/mol. The molecule has 0 radical (unpaired) electrons. The molecule has 0 unspecified atom stereocenters. The van der Waals surface area contributed by atoms with Gasteiger partial charge in [-0.1, -0.05) is 12.1 Å². The topological polar surface area (TPSA) is 117 Å². The summed E-state index contributed by atoms with van der Waals surface area (Å²) in [6, 6.07) is 12.8. The van der Waals surface area contributed by atoms with Crippen LogP contribution in [-0.4, -0.2) is 30.0 Å². The molecule has 4 aromatic rings. The Morgan fingerprint density at radius 1 is 1.23 bits per heavy atom. The van der Waals surface area contributed by atoms with E-state index < -0.39 is 4.92 Å². The van der Waals surface area contributed by atoms with Crippen molar-refractivity contribution in [3.63, 3.8) is 0 Å². The largest absolute Gasteiger partial charge is 0.487 e. The average molecular weight is 420 g/mol. The summed E-state index contributed by atoms with van der Waals surface area (Å²) in [6.45, 7) is 3.27. The number of aromatic nitrogens is 4. The zero-order valence-electron chi connectivity index (χ0n) is 17.0. The predicted octanol–water partition coefficient (Wildman–Crippen LogP) is 3.27. The van der Waals surface area contributed by atoms with Crippen LogP contribution in [0.2, 0.25) is 0 Å². The van der Waals surface area contributed by atoms with Gasteiger partial charge in [0.2, 0.25) is 5.91 Å². The number of pyridine rings is 1. The molecule has 1 aromatic carbocycles. The van der Waals surface area contributed by atoms with E-state index in [-0.39, 0.29) is 30.4 Å². The van der Waals surface area contributed by atoms with Crippen molar-refractivity contribution in [2.24, 2.45) is 0 Å². The van der Waals surface area contributed by atoms with Gasteiger partial charge in [0.05, 0.1) is 10.6 Å². The Hall–Kier alpha value is -4.21. The number of ether oxygens (including phenoxy) is 1. The molecule has 4 rings (SSSR count). The number of imidazole rings is 1. The third-order valence-corrected chi connectivity index (χ3v) is 4.74. The first-order valence-electron chi connectivity index (χ1n) is 9.54. The highest BCUT2D eigenvalue weighted by Crippen LogP contribution is 2.22. The maximum Gasteiger partial charge on any atom is 0.312 e. The van der Waals surface area contributed by atoms with Gasteiger partial charge < -0.3 is 14.5 Å². The summed E-state index contributed by atoms with van der Waals surface area (Å²) in [4.78, 5) is 27.5. The molecule has 158 valence electrons. The summed E-state index contributed by atoms with van der Waals surface area (Å²) in [7, 11) is 0. The number of rotatable bonds is 7. The number of hydrogen-bond donors (Lipinski definition) is 1. The SMILES string of the molecule is Cc1nn(CC(=O)Nc2cccc(OCc3cn4ccccc4n3)c2)c(C)c1[N+](=O)[O-]. The number of nitro groups is 1. The molecule has 0 spiro atoms. The summed E-state index contributed by atoms with van der Waals surface area (Å²) >= 11 is 0. The second-order valence-corrected chi connectivity index (χ2v) is 7.00. The van der Waals surface area contributed by atoms with Gasteiger partial charge in [-0.2, -0.15) is 5.10 Å². The van der Waals surface area contributed by atoms with Crippen molar-refractivity contribution in [3.8, 4) is 5.75 Å². The van der Waals surface area contributed by atoms with E-state index in [0.29, 0.717) is 17.1 Å². The quantitative estimate of drug-likeness (QED) is 0.362. The molecular formula is C21H20N6O4. The highest BCUT2D eigenvalue weighted by Gasteiger charge is 2.22. The molecule has 0 fully saturated rings. The zero-order valence-corrected chi connectivity index (χ0v) is 17.0. The van der Waals surface area contributed by atoms with Gasteiger partial charge in [-0.3, -0.25) is 19.6 Å². The Labute approximate surface area is 177 Å². The Balaban J connectivity index is 1.39. The summed E-state index contributed by atoms with van der Waals surface area (Å²) in [5, 5.41) is 18.0. The molecule has 3 heterocycles. The van der Waals surface area contributed by atoms with Crippen molar-refractivity contribution in [2.45, 2.75) is 27.0 Å². The molecule has 10 heteroatoms. The lowest BCUT2D eigenvalue weighted by Gasteiger charge is -2.09. The molecule has 31 heavy (non-hydrogen) atoms. The number of carbonyl (C=O) groups is 1. The molecule has 0 atom stereocenters. The molecule has 0 aliphatic carbocycles. The van der Waals surface area contributed by atoms with Crippen LogP contribution in [0.3, 0.4) is 0 Å². The fourth-order valence-electron chi connectivity index (χ4n) is 3.32. The molecule has 0 saturated carbocycles. The van der Waals surface area contributed by atoms with Gasteiger partial charge in [-0.25, -0.2) is 4.98 Å². The molecule has 10 nitrogen and oxygen atoms in total. The molecule has 3 aromatic heterocycles. The van der Waals surface area contributed by atoms with Crippen LogP contribution in [-0.2, 0) is 17.9 Å². The Morgan fingerprint density at radius 3 is 2.81 bits per heavy atom. The van der Waals surface area contributed by atoms with E-state index >= 15 is 0 Å². The Kier molecular flexibility index (Phi) is 5.35. The summed E-state index contributed by atoms with van der Waals surface area (Å²) in [5.41, 5.74) is 2.71. The zero-order chi connectivity index (χ0) is 22.0. The van der Waals surface area contributed by atoms with E-state index in [1.165, 1.54) is 4.68 Å². The van der Waals surface area contributed by atoms with Crippen LogP contribution in [0.5, 0.6) is 5.75 Å². The standard InChI is InChI=1S/C21H20N6O4/c1-14-21(27(29)30)15(2)26(24-14)12-20(28)23-16-6-5-7-18(10-16)31-13-17-11-25-9-4-3-8-19(25)22-17/h3-11H,12-13H2,1-2H3,(H,23,28). The van der Waals surface area contributed by atoms with Crippen LogP contribution >= 0.6 is 0 Å². The fraction of sp³-hybridized carbons (Fsp3) is 0.190. The summed E-state index contributed by atoms with van der Waals surface area (Å²) in [6.07, 6.45) is 3.81. The lowest BCUT2D eigenvalue weighted by Crippen LogP contribution is -2.20. The molecule has 0 saturated heterocycles. The lowest BCUT2D eigenvalue weighted by molar-refractivity contribution is -0.386. The number of nitrogens with one attached hydrogen (secondary N) is 1. The number of anilines is 1. The number of hydrogen-bond acceptors (Lipinski definition) is 6. The van der Waals surface area contributed by atoms with Crippen LogP contribution in [0.15, 0.2) is 54.9 Å². The van der Waals surface area contributed by atoms with Gasteiger partial charge in [0, 0.05) is 24.1 Å². The van der Waals surface area contributed by atoms with E-state index in [1.54, 1.807) is 38.1 Å². The van der Waals surface area contributed by atoms with Crippen molar-refractivity contribution in [3.05, 3.63) is 82.1 Å². The Bertz CT molecular complexity index is 1240. The normalized spacial score (nSPS) is 10.9. The highest BCUT2D eigenvalue weighted by atomic mass is 16.6. The summed E-state index contributed by atoms with van der Waals surface area (Å²) < 4.78 is 9.05. The Morgan fingerprint density at radius 2 is 2.06 bits per heavy atom. The number of fused-ring (bicyclic) bond motifs is 1. The minimum atomic E-state index is -0.490. The second-order valence-electron chi connectivity index (χ2n) is 7.00. The molecular weight excluding hydrogens is 400 g/mol. The third kappa shape index (κ3) is 4.37. The van der Waals surface area contributed by atoms with E-state index in [0.717, 1.165) is 11.3 Å². The molecule has 0 aliphatic rings. The maximum atomic E-state index is 12.4. The monoisotopic (exact) mass is 420 g/mol. The van der Waals surface area contributed by atoms with Gasteiger partial charge in [0.1, 0.15) is 35.9 Å². The van der Waals surface area contributed by atoms with Crippen molar-refractivity contribution in [2.75, 3.05) is 5.32 Å². The highest BCUT2D eigenvalue weighted by molar-refractivity contribution is 5.90. The van der Waals surface area contributed by atoms with Crippen molar-refractivity contribution >= 4 is 22.9 Å². The first kappa shape index (κ1) is 20.1. The second kappa shape index (κ2) is 8.27.